The lowest BCUT2D eigenvalue weighted by molar-refractivity contribution is -0.143. The molecule has 1 aromatic carbocycles. The molecule has 1 aliphatic rings. The molecule has 0 saturated carbocycles. The normalized spacial score (nSPS) is 13.8. The zero-order valence-electron chi connectivity index (χ0n) is 18.2. The molecule has 174 valence electrons. The number of allylic oxidation sites excluding steroid dienone is 2. The summed E-state index contributed by atoms with van der Waals surface area (Å²) in [6.07, 6.45) is 1.81. The number of carbonyl (C=O) groups excluding carboxylic acids is 2. The smallest absolute Gasteiger partial charge is 0.342 e. The van der Waals surface area contributed by atoms with E-state index in [0.717, 1.165) is 5.57 Å². The fraction of sp³-hybridized carbons (Fsp3) is 0.455. The molecule has 32 heavy (non-hydrogen) atoms. The van der Waals surface area contributed by atoms with Crippen LogP contribution in [0.1, 0.15) is 59.7 Å². The van der Waals surface area contributed by atoms with E-state index in [1.807, 2.05) is 0 Å². The Morgan fingerprint density at radius 2 is 1.91 bits per heavy atom. The number of cyclic esters (lactones) is 1. The molecule has 0 radical (unpaired) electrons. The average molecular weight is 449 g/mol. The third-order valence-corrected chi connectivity index (χ3v) is 5.33. The summed E-state index contributed by atoms with van der Waals surface area (Å²) in [5, 5.41) is 30.7. The molecule has 0 fully saturated rings. The van der Waals surface area contributed by atoms with Gasteiger partial charge in [-0.3, -0.25) is 9.59 Å². The van der Waals surface area contributed by atoms with Gasteiger partial charge in [-0.1, -0.05) is 11.6 Å². The average Bonchev–Trinajstić information content (AvgIpc) is 3.12. The first kappa shape index (κ1) is 24.7. The third-order valence-electron chi connectivity index (χ3n) is 5.33. The Bertz CT molecular complexity index is 965. The molecule has 10 nitrogen and oxygen atoms in total. The van der Waals surface area contributed by atoms with Gasteiger partial charge in [-0.2, -0.15) is 0 Å². The van der Waals surface area contributed by atoms with Crippen LogP contribution in [0.25, 0.3) is 0 Å². The number of hydrogen-bond acceptors (Lipinski definition) is 7. The predicted molar refractivity (Wildman–Crippen MR) is 112 cm³/mol. The number of rotatable bonds is 11. The van der Waals surface area contributed by atoms with Crippen molar-refractivity contribution in [3.8, 4) is 11.5 Å². The first-order valence-corrected chi connectivity index (χ1v) is 10.0. The van der Waals surface area contributed by atoms with Crippen molar-refractivity contribution in [3.63, 3.8) is 0 Å². The van der Waals surface area contributed by atoms with Crippen LogP contribution >= 0.6 is 0 Å². The van der Waals surface area contributed by atoms with Crippen LogP contribution in [0, 0.1) is 6.92 Å². The van der Waals surface area contributed by atoms with E-state index < -0.39 is 29.9 Å². The van der Waals surface area contributed by atoms with Crippen molar-refractivity contribution in [3.05, 3.63) is 33.9 Å². The second-order valence-corrected chi connectivity index (χ2v) is 7.56. The summed E-state index contributed by atoms with van der Waals surface area (Å²) in [6.45, 7) is 3.65. The first-order chi connectivity index (χ1) is 15.1. The number of fused-ring (bicyclic) bond motifs is 1. The van der Waals surface area contributed by atoms with Crippen molar-refractivity contribution < 1.29 is 44.0 Å². The van der Waals surface area contributed by atoms with Crippen molar-refractivity contribution in [1.29, 1.82) is 0 Å². The minimum Gasteiger partial charge on any atom is -0.507 e. The van der Waals surface area contributed by atoms with Crippen LogP contribution < -0.4 is 10.1 Å². The van der Waals surface area contributed by atoms with Crippen molar-refractivity contribution in [1.82, 2.24) is 5.32 Å². The van der Waals surface area contributed by atoms with Crippen molar-refractivity contribution in [2.45, 2.75) is 58.6 Å². The van der Waals surface area contributed by atoms with Crippen LogP contribution in [0.5, 0.6) is 11.5 Å². The number of carboxylic acids is 2. The molecule has 10 heteroatoms. The number of amides is 1. The Kier molecular flexibility index (Phi) is 8.22. The second kappa shape index (κ2) is 10.7. The molecule has 1 heterocycles. The summed E-state index contributed by atoms with van der Waals surface area (Å²) in [6, 6.07) is -1.27. The molecular weight excluding hydrogens is 422 g/mol. The number of carbonyl (C=O) groups is 4. The number of carboxylic acid groups (broad SMARTS) is 2. The van der Waals surface area contributed by atoms with Gasteiger partial charge in [-0.25, -0.2) is 9.59 Å². The van der Waals surface area contributed by atoms with E-state index in [1.165, 1.54) is 7.11 Å². The number of hydrogen-bond donors (Lipinski definition) is 4. The van der Waals surface area contributed by atoms with Gasteiger partial charge < -0.3 is 30.1 Å². The molecule has 4 N–H and O–H groups in total. The molecule has 0 unspecified atom stereocenters. The van der Waals surface area contributed by atoms with Gasteiger partial charge in [0.05, 0.1) is 7.11 Å². The highest BCUT2D eigenvalue weighted by atomic mass is 16.5. The molecule has 0 spiro atoms. The number of aromatic hydroxyl groups is 1. The molecule has 1 aliphatic heterocycles. The molecule has 1 amide bonds. The lowest BCUT2D eigenvalue weighted by Gasteiger charge is -2.16. The van der Waals surface area contributed by atoms with E-state index in [1.54, 1.807) is 19.9 Å². The SMILES string of the molecule is COc1c(C)c2c(c(O)c1C/C=C(\C)CCC(=O)N[C@H](CCC(=O)O)C(=O)O)C(=O)OC2. The standard InChI is InChI=1S/C22H27NO9/c1-11(5-8-16(24)23-15(21(28)29)7-9-17(25)26)4-6-13-19(27)18-14(10-32-22(18)30)12(2)20(13)31-3/h4,15,27H,5-10H2,1-3H3,(H,23,24)(H,25,26)(H,28,29)/b11-4+/t15-/m1/s1. The Hall–Kier alpha value is -3.56. The molecule has 2 rings (SSSR count). The fourth-order valence-corrected chi connectivity index (χ4v) is 3.51. The Morgan fingerprint density at radius 1 is 1.22 bits per heavy atom. The number of ether oxygens (including phenoxy) is 2. The van der Waals surface area contributed by atoms with Crippen LogP contribution in [-0.2, 0) is 32.1 Å². The Morgan fingerprint density at radius 3 is 2.50 bits per heavy atom. The van der Waals surface area contributed by atoms with E-state index in [2.05, 4.69) is 5.32 Å². The van der Waals surface area contributed by atoms with Crippen LogP contribution in [0.3, 0.4) is 0 Å². The molecule has 0 bridgehead atoms. The van der Waals surface area contributed by atoms with E-state index in [-0.39, 0.29) is 43.6 Å². The number of aliphatic carboxylic acids is 2. The van der Waals surface area contributed by atoms with Gasteiger partial charge in [-0.15, -0.1) is 0 Å². The molecule has 1 atom stereocenters. The van der Waals surface area contributed by atoms with Crippen LogP contribution in [0.15, 0.2) is 11.6 Å². The van der Waals surface area contributed by atoms with Gasteiger partial charge in [0.2, 0.25) is 5.91 Å². The molecule has 1 aromatic rings. The fourth-order valence-electron chi connectivity index (χ4n) is 3.51. The van der Waals surface area contributed by atoms with Crippen LogP contribution in [0.4, 0.5) is 0 Å². The number of esters is 1. The molecule has 0 saturated heterocycles. The maximum atomic E-state index is 12.1. The Balaban J connectivity index is 2.04. The summed E-state index contributed by atoms with van der Waals surface area (Å²) in [5.74, 6) is -3.25. The second-order valence-electron chi connectivity index (χ2n) is 7.56. The van der Waals surface area contributed by atoms with Gasteiger partial charge in [0.25, 0.3) is 0 Å². The van der Waals surface area contributed by atoms with E-state index >= 15 is 0 Å². The van der Waals surface area contributed by atoms with Gasteiger partial charge in [-0.05, 0) is 38.7 Å². The topological polar surface area (TPSA) is 159 Å². The highest BCUT2D eigenvalue weighted by Gasteiger charge is 2.31. The summed E-state index contributed by atoms with van der Waals surface area (Å²) in [7, 11) is 1.47. The van der Waals surface area contributed by atoms with E-state index in [9.17, 15) is 24.3 Å². The van der Waals surface area contributed by atoms with Gasteiger partial charge >= 0.3 is 17.9 Å². The number of phenolic OH excluding ortho intramolecular Hbond substituents is 1. The maximum Gasteiger partial charge on any atom is 0.342 e. The van der Waals surface area contributed by atoms with Crippen molar-refractivity contribution in [2.75, 3.05) is 7.11 Å². The Labute approximate surface area is 184 Å². The zero-order valence-corrected chi connectivity index (χ0v) is 18.2. The highest BCUT2D eigenvalue weighted by molar-refractivity contribution is 5.98. The van der Waals surface area contributed by atoms with Gasteiger partial charge in [0, 0.05) is 24.0 Å². The molecule has 0 aliphatic carbocycles. The minimum atomic E-state index is -1.29. The van der Waals surface area contributed by atoms with Gasteiger partial charge in [0.15, 0.2) is 0 Å². The van der Waals surface area contributed by atoms with Crippen LogP contribution in [-0.4, -0.2) is 52.3 Å². The molecule has 0 aromatic heterocycles. The summed E-state index contributed by atoms with van der Waals surface area (Å²) in [5.41, 5.74) is 2.70. The van der Waals surface area contributed by atoms with Crippen molar-refractivity contribution >= 4 is 23.8 Å². The summed E-state index contributed by atoms with van der Waals surface area (Å²) in [4.78, 5) is 45.9. The highest BCUT2D eigenvalue weighted by Crippen LogP contribution is 2.42. The number of benzene rings is 1. The van der Waals surface area contributed by atoms with Crippen LogP contribution in [0.2, 0.25) is 0 Å². The summed E-state index contributed by atoms with van der Waals surface area (Å²) >= 11 is 0. The maximum absolute atomic E-state index is 12.1. The quantitative estimate of drug-likeness (QED) is 0.293. The number of phenols is 1. The van der Waals surface area contributed by atoms with E-state index in [4.69, 9.17) is 19.7 Å². The van der Waals surface area contributed by atoms with Crippen molar-refractivity contribution in [2.24, 2.45) is 0 Å². The zero-order chi connectivity index (χ0) is 24.0. The van der Waals surface area contributed by atoms with E-state index in [0.29, 0.717) is 28.9 Å². The predicted octanol–water partition coefficient (Wildman–Crippen LogP) is 2.08. The number of nitrogens with one attached hydrogen (secondary N) is 1. The first-order valence-electron chi connectivity index (χ1n) is 10.0. The number of methoxy groups -OCH3 is 1. The minimum absolute atomic E-state index is 0.0117. The summed E-state index contributed by atoms with van der Waals surface area (Å²) < 4.78 is 10.5. The molecular formula is C22H27NO9. The third kappa shape index (κ3) is 5.77. The monoisotopic (exact) mass is 449 g/mol. The lowest BCUT2D eigenvalue weighted by atomic mass is 9.94. The lowest BCUT2D eigenvalue weighted by Crippen LogP contribution is -2.41. The largest absolute Gasteiger partial charge is 0.507 e. The van der Waals surface area contributed by atoms with Gasteiger partial charge in [0.1, 0.15) is 29.7 Å².